The maximum absolute atomic E-state index is 12.5. The van der Waals surface area contributed by atoms with Crippen LogP contribution in [0.25, 0.3) is 0 Å². The highest BCUT2D eigenvalue weighted by molar-refractivity contribution is 7.09. The first-order valence-corrected chi connectivity index (χ1v) is 7.79. The van der Waals surface area contributed by atoms with Crippen LogP contribution in [0.2, 0.25) is 0 Å². The molecule has 2 rings (SSSR count). The van der Waals surface area contributed by atoms with Crippen LogP contribution in [0.4, 0.5) is 0 Å². The molecule has 0 saturated heterocycles. The topological polar surface area (TPSA) is 57.6 Å². The van der Waals surface area contributed by atoms with Crippen molar-refractivity contribution in [3.05, 3.63) is 22.4 Å². The van der Waals surface area contributed by atoms with E-state index in [1.165, 1.54) is 4.88 Å². The van der Waals surface area contributed by atoms with E-state index >= 15 is 0 Å². The quantitative estimate of drug-likeness (QED) is 0.840. The van der Waals surface area contributed by atoms with Crippen molar-refractivity contribution in [3.63, 3.8) is 0 Å². The van der Waals surface area contributed by atoms with Gasteiger partial charge in [-0.2, -0.15) is 0 Å². The summed E-state index contributed by atoms with van der Waals surface area (Å²) in [7, 11) is 0. The van der Waals surface area contributed by atoms with Gasteiger partial charge in [-0.25, -0.2) is 0 Å². The summed E-state index contributed by atoms with van der Waals surface area (Å²) in [6.45, 7) is 4.34. The molecule has 0 radical (unpaired) electrons. The Kier molecular flexibility index (Phi) is 4.48. The van der Waals surface area contributed by atoms with E-state index in [0.29, 0.717) is 19.0 Å². The molecule has 0 aliphatic heterocycles. The molecule has 0 aromatic carbocycles. The molecule has 1 aliphatic rings. The van der Waals surface area contributed by atoms with Gasteiger partial charge in [-0.05, 0) is 29.7 Å². The Hall–Kier alpha value is -1.36. The molecule has 4 nitrogen and oxygen atoms in total. The smallest absolute Gasteiger partial charge is 0.303 e. The fourth-order valence-corrected chi connectivity index (χ4v) is 3.06. The lowest BCUT2D eigenvalue weighted by atomic mass is 9.85. The second kappa shape index (κ2) is 5.95. The average Bonchev–Trinajstić information content (AvgIpc) is 3.00. The zero-order chi connectivity index (χ0) is 14.8. The molecule has 1 amide bonds. The molecule has 20 heavy (non-hydrogen) atoms. The van der Waals surface area contributed by atoms with E-state index < -0.39 is 11.4 Å². The third-order valence-electron chi connectivity index (χ3n) is 3.47. The van der Waals surface area contributed by atoms with E-state index in [1.54, 1.807) is 11.3 Å². The Morgan fingerprint density at radius 2 is 2.10 bits per heavy atom. The molecular formula is C15H21NO3S. The molecule has 0 spiro atoms. The van der Waals surface area contributed by atoms with Crippen LogP contribution in [0, 0.1) is 5.41 Å². The Bertz CT molecular complexity index is 477. The number of aliphatic carboxylic acids is 1. The first-order valence-electron chi connectivity index (χ1n) is 6.91. The standard InChI is InChI=1S/C15H21NO3S/c1-15(2,9-14(18)19)8-13(17)16(11-5-6-11)10-12-4-3-7-20-12/h3-4,7,11H,5-6,8-10H2,1-2H3,(H,18,19). The minimum absolute atomic E-state index is 0.0241. The van der Waals surface area contributed by atoms with E-state index in [9.17, 15) is 9.59 Å². The van der Waals surface area contributed by atoms with Crippen molar-refractivity contribution in [2.45, 2.75) is 52.1 Å². The third kappa shape index (κ3) is 4.34. The largest absolute Gasteiger partial charge is 0.481 e. The van der Waals surface area contributed by atoms with Gasteiger partial charge in [0, 0.05) is 17.3 Å². The Labute approximate surface area is 123 Å². The lowest BCUT2D eigenvalue weighted by molar-refractivity contribution is -0.141. The lowest BCUT2D eigenvalue weighted by Gasteiger charge is -2.28. The van der Waals surface area contributed by atoms with Crippen molar-refractivity contribution in [1.29, 1.82) is 0 Å². The number of carboxylic acids is 1. The number of rotatable bonds is 7. The Morgan fingerprint density at radius 1 is 1.40 bits per heavy atom. The highest BCUT2D eigenvalue weighted by Crippen LogP contribution is 2.33. The van der Waals surface area contributed by atoms with Crippen molar-refractivity contribution in [2.75, 3.05) is 0 Å². The van der Waals surface area contributed by atoms with Gasteiger partial charge in [0.1, 0.15) is 0 Å². The van der Waals surface area contributed by atoms with E-state index in [0.717, 1.165) is 12.8 Å². The van der Waals surface area contributed by atoms with Crippen LogP contribution >= 0.6 is 11.3 Å². The number of carboxylic acid groups (broad SMARTS) is 1. The van der Waals surface area contributed by atoms with Gasteiger partial charge in [0.05, 0.1) is 13.0 Å². The zero-order valence-electron chi connectivity index (χ0n) is 12.0. The first kappa shape index (κ1) is 15.0. The highest BCUT2D eigenvalue weighted by Gasteiger charge is 2.35. The van der Waals surface area contributed by atoms with Crippen LogP contribution < -0.4 is 0 Å². The van der Waals surface area contributed by atoms with Gasteiger partial charge in [-0.15, -0.1) is 11.3 Å². The van der Waals surface area contributed by atoms with E-state index in [4.69, 9.17) is 5.11 Å². The van der Waals surface area contributed by atoms with Crippen LogP contribution in [-0.4, -0.2) is 27.9 Å². The molecule has 1 fully saturated rings. The molecule has 1 saturated carbocycles. The van der Waals surface area contributed by atoms with Crippen LogP contribution in [-0.2, 0) is 16.1 Å². The number of hydrogen-bond acceptors (Lipinski definition) is 3. The molecule has 0 atom stereocenters. The first-order chi connectivity index (χ1) is 9.37. The molecular weight excluding hydrogens is 274 g/mol. The van der Waals surface area contributed by atoms with Crippen LogP contribution in [0.3, 0.4) is 0 Å². The normalized spacial score (nSPS) is 15.1. The van der Waals surface area contributed by atoms with E-state index in [2.05, 4.69) is 0 Å². The SMILES string of the molecule is CC(C)(CC(=O)O)CC(=O)N(Cc1cccs1)C1CC1. The van der Waals surface area contributed by atoms with Crippen LogP contribution in [0.1, 0.15) is 44.4 Å². The van der Waals surface area contributed by atoms with Gasteiger partial charge in [-0.1, -0.05) is 19.9 Å². The summed E-state index contributed by atoms with van der Waals surface area (Å²) in [6.07, 6.45) is 2.45. The number of carbonyl (C=O) groups excluding carboxylic acids is 1. The minimum atomic E-state index is -0.848. The second-order valence-electron chi connectivity index (χ2n) is 6.24. The molecule has 0 bridgehead atoms. The maximum atomic E-state index is 12.5. The number of nitrogens with zero attached hydrogens (tertiary/aromatic N) is 1. The second-order valence-corrected chi connectivity index (χ2v) is 7.28. The molecule has 110 valence electrons. The van der Waals surface area contributed by atoms with Crippen molar-refractivity contribution in [1.82, 2.24) is 4.90 Å². The summed E-state index contributed by atoms with van der Waals surface area (Å²) in [5.41, 5.74) is -0.495. The number of amides is 1. The van der Waals surface area contributed by atoms with Gasteiger partial charge in [0.15, 0.2) is 0 Å². The predicted molar refractivity (Wildman–Crippen MR) is 78.5 cm³/mol. The van der Waals surface area contributed by atoms with Crippen LogP contribution in [0.15, 0.2) is 17.5 Å². The van der Waals surface area contributed by atoms with Gasteiger partial charge >= 0.3 is 5.97 Å². The number of carbonyl (C=O) groups is 2. The molecule has 1 N–H and O–H groups in total. The predicted octanol–water partition coefficient (Wildman–Crippen LogP) is 3.13. The molecule has 0 unspecified atom stereocenters. The van der Waals surface area contributed by atoms with Crippen LogP contribution in [0.5, 0.6) is 0 Å². The monoisotopic (exact) mass is 295 g/mol. The summed E-state index contributed by atoms with van der Waals surface area (Å²) in [5.74, 6) is -0.772. The molecule has 1 aromatic rings. The number of thiophene rings is 1. The summed E-state index contributed by atoms with van der Waals surface area (Å²) >= 11 is 1.65. The van der Waals surface area contributed by atoms with Crippen molar-refractivity contribution in [3.8, 4) is 0 Å². The van der Waals surface area contributed by atoms with Gasteiger partial charge in [0.2, 0.25) is 5.91 Å². The minimum Gasteiger partial charge on any atom is -0.481 e. The molecule has 1 heterocycles. The van der Waals surface area contributed by atoms with Crippen molar-refractivity contribution >= 4 is 23.2 Å². The zero-order valence-corrected chi connectivity index (χ0v) is 12.8. The fourth-order valence-electron chi connectivity index (χ4n) is 2.36. The number of hydrogen-bond donors (Lipinski definition) is 1. The molecule has 1 aliphatic carbocycles. The van der Waals surface area contributed by atoms with Gasteiger partial charge in [-0.3, -0.25) is 9.59 Å². The summed E-state index contributed by atoms with van der Waals surface area (Å²) in [4.78, 5) is 26.4. The lowest BCUT2D eigenvalue weighted by Crippen LogP contribution is -2.35. The highest BCUT2D eigenvalue weighted by atomic mass is 32.1. The Morgan fingerprint density at radius 3 is 2.60 bits per heavy atom. The molecule has 1 aromatic heterocycles. The van der Waals surface area contributed by atoms with E-state index in [-0.39, 0.29) is 12.3 Å². The average molecular weight is 295 g/mol. The summed E-state index contributed by atoms with van der Waals surface area (Å²) in [6, 6.07) is 4.38. The fraction of sp³-hybridized carbons (Fsp3) is 0.600. The van der Waals surface area contributed by atoms with Gasteiger partial charge in [0.25, 0.3) is 0 Å². The maximum Gasteiger partial charge on any atom is 0.303 e. The van der Waals surface area contributed by atoms with Crippen molar-refractivity contribution < 1.29 is 14.7 Å². The van der Waals surface area contributed by atoms with Gasteiger partial charge < -0.3 is 10.0 Å². The van der Waals surface area contributed by atoms with Crippen molar-refractivity contribution in [2.24, 2.45) is 5.41 Å². The summed E-state index contributed by atoms with van der Waals surface area (Å²) in [5, 5.41) is 10.9. The van der Waals surface area contributed by atoms with E-state index in [1.807, 2.05) is 36.3 Å². The molecule has 5 heteroatoms. The Balaban J connectivity index is 1.98. The summed E-state index contributed by atoms with van der Waals surface area (Å²) < 4.78 is 0. The third-order valence-corrected chi connectivity index (χ3v) is 4.33.